The molecule has 0 unspecified atom stereocenters. The maximum Gasteiger partial charge on any atom is 0.225 e. The molecule has 0 radical (unpaired) electrons. The van der Waals surface area contributed by atoms with Gasteiger partial charge in [-0.2, -0.15) is 0 Å². The molecule has 4 heteroatoms. The van der Waals surface area contributed by atoms with Crippen molar-refractivity contribution in [1.29, 1.82) is 0 Å². The zero-order valence-corrected chi connectivity index (χ0v) is 10.2. The number of anilines is 2. The van der Waals surface area contributed by atoms with Crippen molar-refractivity contribution in [2.24, 2.45) is 0 Å². The molecule has 1 aromatic heterocycles. The maximum absolute atomic E-state index is 11.4. The van der Waals surface area contributed by atoms with Gasteiger partial charge < -0.3 is 10.6 Å². The van der Waals surface area contributed by atoms with E-state index in [2.05, 4.69) is 29.1 Å². The van der Waals surface area contributed by atoms with Gasteiger partial charge in [0, 0.05) is 13.0 Å². The molecule has 92 valence electrons. The number of nitrogens with zero attached hydrogens (tertiary/aromatic N) is 1. The Balaban J connectivity index is 2.44. The number of hydrogen-bond donors (Lipinski definition) is 2. The van der Waals surface area contributed by atoms with Crippen LogP contribution >= 0.6 is 0 Å². The van der Waals surface area contributed by atoms with Crippen LogP contribution in [0.25, 0.3) is 0 Å². The largest absolute Gasteiger partial charge is 0.380 e. The average molecular weight is 233 g/mol. The molecule has 0 spiro atoms. The minimum absolute atomic E-state index is 0.0196. The van der Waals surface area contributed by atoms with Gasteiger partial charge in [0.25, 0.3) is 0 Å². The van der Waals surface area contributed by atoms with E-state index in [0.29, 0.717) is 18.8 Å². The van der Waals surface area contributed by atoms with E-state index in [1.54, 1.807) is 18.3 Å². The van der Waals surface area contributed by atoms with E-state index >= 15 is 0 Å². The first-order chi connectivity index (χ1) is 8.26. The Labute approximate surface area is 102 Å². The topological polar surface area (TPSA) is 54.0 Å². The van der Waals surface area contributed by atoms with E-state index in [9.17, 15) is 4.79 Å². The van der Waals surface area contributed by atoms with Gasteiger partial charge in [0.05, 0.1) is 11.9 Å². The molecule has 0 aromatic carbocycles. The lowest BCUT2D eigenvalue weighted by Crippen LogP contribution is -2.12. The summed E-state index contributed by atoms with van der Waals surface area (Å²) in [4.78, 5) is 15.6. The predicted octanol–water partition coefficient (Wildman–Crippen LogP) is 2.81. The van der Waals surface area contributed by atoms with E-state index in [1.807, 2.05) is 6.07 Å². The van der Waals surface area contributed by atoms with Crippen molar-refractivity contribution < 1.29 is 4.79 Å². The Morgan fingerprint density at radius 2 is 2.35 bits per heavy atom. The molecule has 1 heterocycles. The minimum Gasteiger partial charge on any atom is -0.380 e. The second-order valence-corrected chi connectivity index (χ2v) is 3.75. The number of unbranched alkanes of at least 4 members (excludes halogenated alkanes) is 1. The van der Waals surface area contributed by atoms with Gasteiger partial charge in [0.2, 0.25) is 5.91 Å². The molecule has 0 atom stereocenters. The monoisotopic (exact) mass is 233 g/mol. The van der Waals surface area contributed by atoms with E-state index in [0.717, 1.165) is 18.5 Å². The maximum atomic E-state index is 11.4. The highest BCUT2D eigenvalue weighted by molar-refractivity contribution is 5.89. The number of pyridine rings is 1. The lowest BCUT2D eigenvalue weighted by atomic mass is 10.2. The summed E-state index contributed by atoms with van der Waals surface area (Å²) in [5.41, 5.74) is 0.913. The van der Waals surface area contributed by atoms with Crippen LogP contribution in [0.5, 0.6) is 0 Å². The quantitative estimate of drug-likeness (QED) is 0.712. The molecule has 0 saturated heterocycles. The number of nitrogens with one attached hydrogen (secondary N) is 2. The number of rotatable bonds is 7. The van der Waals surface area contributed by atoms with Crippen molar-refractivity contribution in [3.05, 3.63) is 31.0 Å². The first kappa shape index (κ1) is 13.2. The van der Waals surface area contributed by atoms with Crippen molar-refractivity contribution in [2.75, 3.05) is 17.2 Å². The van der Waals surface area contributed by atoms with Gasteiger partial charge in [0.15, 0.2) is 0 Å². The Bertz CT molecular complexity index is 359. The van der Waals surface area contributed by atoms with Gasteiger partial charge in [-0.15, -0.1) is 6.58 Å². The van der Waals surface area contributed by atoms with Crippen LogP contribution in [-0.4, -0.2) is 17.4 Å². The van der Waals surface area contributed by atoms with Gasteiger partial charge in [-0.1, -0.05) is 19.4 Å². The van der Waals surface area contributed by atoms with Crippen LogP contribution in [0.15, 0.2) is 31.0 Å². The van der Waals surface area contributed by atoms with Crippen LogP contribution in [0, 0.1) is 0 Å². The summed E-state index contributed by atoms with van der Waals surface area (Å²) in [7, 11) is 0. The van der Waals surface area contributed by atoms with Crippen LogP contribution < -0.4 is 10.6 Å². The SMILES string of the molecule is C=CCNc1ccc(NC(=O)CCCC)nc1. The first-order valence-electron chi connectivity index (χ1n) is 5.87. The fourth-order valence-electron chi connectivity index (χ4n) is 1.31. The highest BCUT2D eigenvalue weighted by Gasteiger charge is 2.02. The lowest BCUT2D eigenvalue weighted by molar-refractivity contribution is -0.116. The molecule has 0 saturated carbocycles. The number of carbonyl (C=O) groups is 1. The third-order valence-corrected chi connectivity index (χ3v) is 2.24. The molecule has 1 amide bonds. The van der Waals surface area contributed by atoms with Gasteiger partial charge in [0.1, 0.15) is 5.82 Å². The molecule has 1 rings (SSSR count). The molecular formula is C13H19N3O. The number of hydrogen-bond acceptors (Lipinski definition) is 3. The van der Waals surface area contributed by atoms with Crippen molar-refractivity contribution in [2.45, 2.75) is 26.2 Å². The normalized spacial score (nSPS) is 9.71. The van der Waals surface area contributed by atoms with Gasteiger partial charge in [-0.3, -0.25) is 4.79 Å². The smallest absolute Gasteiger partial charge is 0.225 e. The summed E-state index contributed by atoms with van der Waals surface area (Å²) in [6.45, 7) is 6.38. The van der Waals surface area contributed by atoms with Crippen molar-refractivity contribution in [3.8, 4) is 0 Å². The highest BCUT2D eigenvalue weighted by Crippen LogP contribution is 2.10. The van der Waals surface area contributed by atoms with Crippen LogP contribution in [0.1, 0.15) is 26.2 Å². The Kier molecular flexibility index (Phi) is 5.79. The van der Waals surface area contributed by atoms with Crippen molar-refractivity contribution >= 4 is 17.4 Å². The summed E-state index contributed by atoms with van der Waals surface area (Å²) >= 11 is 0. The summed E-state index contributed by atoms with van der Waals surface area (Å²) in [5, 5.41) is 5.88. The zero-order valence-electron chi connectivity index (χ0n) is 10.2. The van der Waals surface area contributed by atoms with Gasteiger partial charge >= 0.3 is 0 Å². The third kappa shape index (κ3) is 5.15. The second-order valence-electron chi connectivity index (χ2n) is 3.75. The number of carbonyl (C=O) groups excluding carboxylic acids is 1. The molecule has 0 aliphatic carbocycles. The predicted molar refractivity (Wildman–Crippen MR) is 71.1 cm³/mol. The third-order valence-electron chi connectivity index (χ3n) is 2.24. The van der Waals surface area contributed by atoms with Crippen LogP contribution in [0.3, 0.4) is 0 Å². The van der Waals surface area contributed by atoms with Crippen LogP contribution in [0.4, 0.5) is 11.5 Å². The molecule has 0 fully saturated rings. The zero-order chi connectivity index (χ0) is 12.5. The van der Waals surface area contributed by atoms with Crippen molar-refractivity contribution in [3.63, 3.8) is 0 Å². The molecule has 0 aliphatic rings. The second kappa shape index (κ2) is 7.44. The summed E-state index contributed by atoms with van der Waals surface area (Å²) in [6, 6.07) is 3.67. The Morgan fingerprint density at radius 3 is 2.94 bits per heavy atom. The highest BCUT2D eigenvalue weighted by atomic mass is 16.1. The van der Waals surface area contributed by atoms with Crippen LogP contribution in [0.2, 0.25) is 0 Å². The van der Waals surface area contributed by atoms with Gasteiger partial charge in [-0.05, 0) is 18.6 Å². The molecule has 1 aromatic rings. The molecule has 0 aliphatic heterocycles. The lowest BCUT2D eigenvalue weighted by Gasteiger charge is -2.06. The molecular weight excluding hydrogens is 214 g/mol. The average Bonchev–Trinajstić information content (AvgIpc) is 2.35. The molecule has 0 bridgehead atoms. The standard InChI is InChI=1S/C13H19N3O/c1-3-5-6-13(17)16-12-8-7-11(10-15-12)14-9-4-2/h4,7-8,10,14H,2-3,5-6,9H2,1H3,(H,15,16,17). The van der Waals surface area contributed by atoms with Crippen LogP contribution in [-0.2, 0) is 4.79 Å². The summed E-state index contributed by atoms with van der Waals surface area (Å²) < 4.78 is 0. The number of aromatic nitrogens is 1. The fourth-order valence-corrected chi connectivity index (χ4v) is 1.31. The fraction of sp³-hybridized carbons (Fsp3) is 0.385. The molecule has 17 heavy (non-hydrogen) atoms. The van der Waals surface area contributed by atoms with E-state index in [4.69, 9.17) is 0 Å². The van der Waals surface area contributed by atoms with E-state index in [1.165, 1.54) is 0 Å². The first-order valence-corrected chi connectivity index (χ1v) is 5.87. The van der Waals surface area contributed by atoms with E-state index in [-0.39, 0.29) is 5.91 Å². The Morgan fingerprint density at radius 1 is 1.53 bits per heavy atom. The summed E-state index contributed by atoms with van der Waals surface area (Å²) in [6.07, 6.45) is 5.95. The van der Waals surface area contributed by atoms with Crippen molar-refractivity contribution in [1.82, 2.24) is 4.98 Å². The van der Waals surface area contributed by atoms with Gasteiger partial charge in [-0.25, -0.2) is 4.98 Å². The number of amides is 1. The minimum atomic E-state index is 0.0196. The summed E-state index contributed by atoms with van der Waals surface area (Å²) in [5.74, 6) is 0.612. The van der Waals surface area contributed by atoms with E-state index < -0.39 is 0 Å². The molecule has 2 N–H and O–H groups in total. The molecule has 4 nitrogen and oxygen atoms in total. The Hall–Kier alpha value is -1.84.